The normalized spacial score (nSPS) is 23.7. The number of esters is 1. The number of aryl methyl sites for hydroxylation is 1. The number of piperazine rings is 1. The van der Waals surface area contributed by atoms with Crippen molar-refractivity contribution in [2.75, 3.05) is 27.5 Å². The molecule has 0 saturated carbocycles. The lowest BCUT2D eigenvalue weighted by atomic mass is 9.73. The van der Waals surface area contributed by atoms with Crippen LogP contribution in [0.5, 0.6) is 28.7 Å². The van der Waals surface area contributed by atoms with Crippen LogP contribution >= 0.6 is 0 Å². The molecule has 11 nitrogen and oxygen atoms in total. The van der Waals surface area contributed by atoms with Crippen molar-refractivity contribution >= 4 is 18.0 Å². The van der Waals surface area contributed by atoms with Crippen LogP contribution in [0.4, 0.5) is 13.2 Å². The number of phenols is 1. The molecule has 4 aliphatic heterocycles. The number of amides is 1. The maximum atomic E-state index is 13.3. The first-order valence-corrected chi connectivity index (χ1v) is 16.5. The molecule has 0 spiro atoms. The summed E-state index contributed by atoms with van der Waals surface area (Å²) in [6.45, 7) is 4.76. The second-order valence-electron chi connectivity index (χ2n) is 13.4. The van der Waals surface area contributed by atoms with Crippen LogP contribution in [0.15, 0.2) is 36.4 Å². The number of hydrogen-bond acceptors (Lipinski definition) is 10. The fraction of sp³-hybridized carbons (Fsp3) is 0.405. The highest BCUT2D eigenvalue weighted by molar-refractivity contribution is 5.91. The standard InChI is InChI=1S/C37H38F3N3O8/c1-17-11-21-13-25-36(47)43-24(30(42(25)4)28(21)31(46)32(17)48-5)14-23-29(35-34(49-16-50-35)18(2)33(23)51-19(3)44)26(43)15-41-27(45)10-9-20-7-6-8-22(12-20)37(38,39)40/h6-12,24-26,30,36,46-47H,13-16H2,1-5H3,(H,41,45)/b10-9+/t24?,25?,26-,30?,36-/m0/s1. The van der Waals surface area contributed by atoms with Crippen molar-refractivity contribution in [1.82, 2.24) is 15.1 Å². The average molecular weight is 710 g/mol. The molecule has 14 heteroatoms. The van der Waals surface area contributed by atoms with E-state index in [-0.39, 0.29) is 31.1 Å². The first-order valence-electron chi connectivity index (χ1n) is 16.5. The summed E-state index contributed by atoms with van der Waals surface area (Å²) in [6, 6.07) is 4.48. The van der Waals surface area contributed by atoms with E-state index in [0.717, 1.165) is 29.3 Å². The number of ether oxygens (including phenoxy) is 4. The van der Waals surface area contributed by atoms with Gasteiger partial charge in [0.1, 0.15) is 12.0 Å². The number of likely N-dealkylation sites (N-methyl/N-ethyl adjacent to an activating group) is 1. The van der Waals surface area contributed by atoms with E-state index in [1.165, 1.54) is 32.2 Å². The van der Waals surface area contributed by atoms with E-state index < -0.39 is 54.0 Å². The van der Waals surface area contributed by atoms with E-state index in [4.69, 9.17) is 18.9 Å². The lowest BCUT2D eigenvalue weighted by Gasteiger charge is -2.60. The highest BCUT2D eigenvalue weighted by Gasteiger charge is 2.56. The third-order valence-electron chi connectivity index (χ3n) is 10.5. The maximum absolute atomic E-state index is 13.3. The van der Waals surface area contributed by atoms with Gasteiger partial charge in [-0.25, -0.2) is 0 Å². The summed E-state index contributed by atoms with van der Waals surface area (Å²) >= 11 is 0. The maximum Gasteiger partial charge on any atom is 0.416 e. The summed E-state index contributed by atoms with van der Waals surface area (Å²) in [5, 5.41) is 26.7. The Bertz CT molecular complexity index is 1960. The Morgan fingerprint density at radius 3 is 2.53 bits per heavy atom. The topological polar surface area (TPSA) is 130 Å². The first kappa shape index (κ1) is 34.6. The number of alkyl halides is 3. The molecular weight excluding hydrogens is 671 g/mol. The SMILES string of the molecule is COc1c(C)cc2c(c1O)C1C3Cc4c(OC(C)=O)c(C)c5c(c4[C@H](CNC(=O)/C=C/c4cccc(C(F)(F)F)c4)N3[C@@H](O)C(C2)N1C)OCO5. The van der Waals surface area contributed by atoms with Gasteiger partial charge in [-0.3, -0.25) is 19.4 Å². The Labute approximate surface area is 292 Å². The van der Waals surface area contributed by atoms with E-state index >= 15 is 0 Å². The van der Waals surface area contributed by atoms with Gasteiger partial charge < -0.3 is 34.5 Å². The Morgan fingerprint density at radius 1 is 1.08 bits per heavy atom. The summed E-state index contributed by atoms with van der Waals surface area (Å²) in [5.74, 6) is 0.325. The van der Waals surface area contributed by atoms with E-state index in [2.05, 4.69) is 5.32 Å². The molecule has 1 saturated heterocycles. The minimum Gasteiger partial charge on any atom is -0.504 e. The summed E-state index contributed by atoms with van der Waals surface area (Å²) in [6.07, 6.45) is -2.46. The number of hydrogen-bond donors (Lipinski definition) is 3. The van der Waals surface area contributed by atoms with Crippen LogP contribution in [-0.4, -0.2) is 77.7 Å². The van der Waals surface area contributed by atoms with E-state index in [9.17, 15) is 33.0 Å². The van der Waals surface area contributed by atoms with Gasteiger partial charge in [-0.15, -0.1) is 0 Å². The number of nitrogens with zero attached hydrogens (tertiary/aromatic N) is 2. The number of benzene rings is 3. The van der Waals surface area contributed by atoms with Gasteiger partial charge in [-0.2, -0.15) is 13.2 Å². The molecule has 5 atom stereocenters. The van der Waals surface area contributed by atoms with Crippen molar-refractivity contribution in [2.45, 2.75) is 70.2 Å². The lowest BCUT2D eigenvalue weighted by Crippen LogP contribution is -2.69. The number of rotatable bonds is 6. The zero-order chi connectivity index (χ0) is 36.5. The fourth-order valence-electron chi connectivity index (χ4n) is 8.37. The monoisotopic (exact) mass is 709 g/mol. The average Bonchev–Trinajstić information content (AvgIpc) is 3.57. The first-order chi connectivity index (χ1) is 24.2. The third-order valence-corrected chi connectivity index (χ3v) is 10.5. The van der Waals surface area contributed by atoms with Gasteiger partial charge in [0.15, 0.2) is 23.0 Å². The van der Waals surface area contributed by atoms with Crippen LogP contribution in [0.3, 0.4) is 0 Å². The number of nitrogens with one attached hydrogen (secondary N) is 1. The molecule has 51 heavy (non-hydrogen) atoms. The Kier molecular flexibility index (Phi) is 8.67. The summed E-state index contributed by atoms with van der Waals surface area (Å²) in [7, 11) is 3.39. The molecule has 2 bridgehead atoms. The number of carbonyl (C=O) groups is 2. The minimum atomic E-state index is -4.53. The van der Waals surface area contributed by atoms with Gasteiger partial charge in [-0.1, -0.05) is 18.2 Å². The smallest absolute Gasteiger partial charge is 0.416 e. The van der Waals surface area contributed by atoms with Gasteiger partial charge >= 0.3 is 12.1 Å². The number of methoxy groups -OCH3 is 1. The Hall–Kier alpha value is -4.79. The fourth-order valence-corrected chi connectivity index (χ4v) is 8.37. The lowest BCUT2D eigenvalue weighted by molar-refractivity contribution is -0.172. The Morgan fingerprint density at radius 2 is 1.82 bits per heavy atom. The van der Waals surface area contributed by atoms with Crippen molar-refractivity contribution in [3.63, 3.8) is 0 Å². The molecule has 0 radical (unpaired) electrons. The number of aromatic hydroxyl groups is 1. The highest BCUT2D eigenvalue weighted by atomic mass is 19.4. The van der Waals surface area contributed by atoms with Gasteiger partial charge in [0.25, 0.3) is 0 Å². The van der Waals surface area contributed by atoms with Gasteiger partial charge in [-0.05, 0) is 68.6 Å². The number of aliphatic hydroxyl groups excluding tert-OH is 1. The van der Waals surface area contributed by atoms with Crippen LogP contribution < -0.4 is 24.3 Å². The van der Waals surface area contributed by atoms with Crippen LogP contribution in [0.25, 0.3) is 6.08 Å². The highest BCUT2D eigenvalue weighted by Crippen LogP contribution is 2.58. The third kappa shape index (κ3) is 5.75. The zero-order valence-corrected chi connectivity index (χ0v) is 28.6. The van der Waals surface area contributed by atoms with Crippen LogP contribution in [0.2, 0.25) is 0 Å². The largest absolute Gasteiger partial charge is 0.504 e. The Balaban J connectivity index is 1.33. The molecule has 1 fully saturated rings. The number of fused-ring (bicyclic) bond motifs is 9. The van der Waals surface area contributed by atoms with Crippen molar-refractivity contribution in [2.24, 2.45) is 0 Å². The van der Waals surface area contributed by atoms with Crippen LogP contribution in [0.1, 0.15) is 63.5 Å². The van der Waals surface area contributed by atoms with Gasteiger partial charge in [0.2, 0.25) is 12.7 Å². The van der Waals surface area contributed by atoms with Crippen LogP contribution in [0, 0.1) is 13.8 Å². The van der Waals surface area contributed by atoms with E-state index in [1.807, 2.05) is 29.8 Å². The zero-order valence-electron chi connectivity index (χ0n) is 28.6. The summed E-state index contributed by atoms with van der Waals surface area (Å²) in [5.41, 5.74) is 3.45. The molecule has 1 amide bonds. The summed E-state index contributed by atoms with van der Waals surface area (Å²) < 4.78 is 63.1. The van der Waals surface area contributed by atoms with Crippen molar-refractivity contribution < 1.29 is 51.9 Å². The molecule has 3 N–H and O–H groups in total. The van der Waals surface area contributed by atoms with Crippen molar-refractivity contribution in [3.8, 4) is 28.7 Å². The van der Waals surface area contributed by atoms with Gasteiger partial charge in [0.05, 0.1) is 30.8 Å². The number of halogens is 3. The molecule has 4 heterocycles. The summed E-state index contributed by atoms with van der Waals surface area (Å²) in [4.78, 5) is 29.7. The van der Waals surface area contributed by atoms with Crippen molar-refractivity contribution in [1.29, 1.82) is 0 Å². The van der Waals surface area contributed by atoms with Gasteiger partial charge in [0, 0.05) is 47.8 Å². The quantitative estimate of drug-likeness (QED) is 0.188. The second kappa shape index (κ2) is 12.8. The van der Waals surface area contributed by atoms with E-state index in [1.54, 1.807) is 6.92 Å². The molecule has 270 valence electrons. The molecule has 3 aromatic rings. The minimum absolute atomic E-state index is 0.0107. The number of phenolic OH excluding ortho intramolecular Hbond substituents is 1. The number of carbonyl (C=O) groups excluding carboxylic acids is 2. The predicted octanol–water partition coefficient (Wildman–Crippen LogP) is 4.72. The number of aliphatic hydroxyl groups is 1. The molecule has 0 aliphatic carbocycles. The van der Waals surface area contributed by atoms with Crippen LogP contribution in [-0.2, 0) is 28.6 Å². The molecule has 4 aliphatic rings. The van der Waals surface area contributed by atoms with Crippen molar-refractivity contribution in [3.05, 3.63) is 80.9 Å². The molecule has 3 aromatic carbocycles. The molecular formula is C37H38F3N3O8. The molecule has 0 aromatic heterocycles. The molecule has 7 rings (SSSR count). The second-order valence-corrected chi connectivity index (χ2v) is 13.4. The van der Waals surface area contributed by atoms with E-state index in [0.29, 0.717) is 51.7 Å². The molecule has 3 unspecified atom stereocenters. The predicted molar refractivity (Wildman–Crippen MR) is 178 cm³/mol.